The number of rotatable bonds is 21. The first-order valence-electron chi connectivity index (χ1n) is 22.4. The normalized spacial score (nSPS) is 33.3. The van der Waals surface area contributed by atoms with Crippen LogP contribution in [0.1, 0.15) is 116 Å². The highest BCUT2D eigenvalue weighted by atomic mass is 16.8. The molecule has 0 radical (unpaired) electrons. The number of nitrogens with one attached hydrogen (secondary N) is 1. The molecule has 1 aromatic rings. The molecule has 1 aromatic carbocycles. The average Bonchev–Trinajstić information content (AvgIpc) is 3.79. The quantitative estimate of drug-likeness (QED) is 0.0770. The number of nitrogens with zero attached hydrogens (tertiary/aromatic N) is 1. The van der Waals surface area contributed by atoms with E-state index in [9.17, 15) is 39.9 Å². The lowest BCUT2D eigenvalue weighted by atomic mass is 9.62. The Bertz CT molecular complexity index is 1690. The third-order valence-corrected chi connectivity index (χ3v) is 12.6. The van der Waals surface area contributed by atoms with E-state index < -0.39 is 115 Å². The first-order valence-corrected chi connectivity index (χ1v) is 22.4. The van der Waals surface area contributed by atoms with Gasteiger partial charge in [-0.05, 0) is 51.2 Å². The van der Waals surface area contributed by atoms with Crippen LogP contribution in [0.4, 0.5) is 0 Å². The highest BCUT2D eigenvalue weighted by Gasteiger charge is 2.76. The van der Waals surface area contributed by atoms with E-state index in [-0.39, 0.29) is 32.4 Å². The molecule has 1 amide bonds. The number of amides is 1. The molecule has 17 heteroatoms. The molecule has 0 aromatic heterocycles. The summed E-state index contributed by atoms with van der Waals surface area (Å²) in [4.78, 5) is 48.8. The van der Waals surface area contributed by atoms with Crippen molar-refractivity contribution >= 4 is 23.9 Å². The van der Waals surface area contributed by atoms with Crippen LogP contribution >= 0.6 is 0 Å². The number of carbonyl (C=O) groups is 3. The molecule has 5 fully saturated rings. The van der Waals surface area contributed by atoms with Gasteiger partial charge in [0.15, 0.2) is 18.1 Å². The molecule has 12 atom stereocenters. The Balaban J connectivity index is 1.27. The number of hydrogen-bond acceptors (Lipinski definition) is 16. The summed E-state index contributed by atoms with van der Waals surface area (Å²) >= 11 is 0. The summed E-state index contributed by atoms with van der Waals surface area (Å²) in [5.41, 5.74) is -0.779. The molecule has 6 N–H and O–H groups in total. The van der Waals surface area contributed by atoms with Crippen molar-refractivity contribution in [1.82, 2.24) is 10.4 Å². The smallest absolute Gasteiger partial charge is 0.327 e. The van der Waals surface area contributed by atoms with Crippen molar-refractivity contribution in [2.45, 2.75) is 190 Å². The van der Waals surface area contributed by atoms with Crippen LogP contribution in [0.5, 0.6) is 0 Å². The number of hydrogen-bond donors (Lipinski definition) is 6. The maximum atomic E-state index is 15.0. The Morgan fingerprint density at radius 3 is 2.34 bits per heavy atom. The van der Waals surface area contributed by atoms with Crippen LogP contribution in [0.15, 0.2) is 30.3 Å². The number of unbranched alkanes of at least 4 members (excludes halogenated alkanes) is 4. The molecule has 4 aliphatic heterocycles. The number of hydroxylamine groups is 2. The van der Waals surface area contributed by atoms with E-state index in [2.05, 4.69) is 19.2 Å². The Hall–Kier alpha value is -3.07. The second-order valence-corrected chi connectivity index (χ2v) is 18.3. The van der Waals surface area contributed by atoms with E-state index in [1.165, 1.54) is 5.06 Å². The molecule has 2 unspecified atom stereocenters. The average molecular weight is 877 g/mol. The number of carbonyl (C=O) groups excluding carboxylic acids is 3. The Kier molecular flexibility index (Phi) is 16.3. The second-order valence-electron chi connectivity index (χ2n) is 18.3. The van der Waals surface area contributed by atoms with Crippen LogP contribution in [0.3, 0.4) is 0 Å². The number of esters is 2. The van der Waals surface area contributed by atoms with E-state index in [1.54, 1.807) is 32.9 Å². The van der Waals surface area contributed by atoms with Gasteiger partial charge in [-0.15, -0.1) is 0 Å². The van der Waals surface area contributed by atoms with E-state index in [0.29, 0.717) is 12.8 Å². The summed E-state index contributed by atoms with van der Waals surface area (Å²) in [6, 6.07) is 5.33. The fourth-order valence-corrected chi connectivity index (χ4v) is 9.45. The third kappa shape index (κ3) is 10.5. The van der Waals surface area contributed by atoms with Crippen molar-refractivity contribution in [2.24, 2.45) is 5.41 Å². The van der Waals surface area contributed by atoms with Crippen molar-refractivity contribution in [3.8, 4) is 0 Å². The lowest BCUT2D eigenvalue weighted by Gasteiger charge is -2.49. The molecule has 1 saturated carbocycles. The molecule has 6 rings (SSSR count). The Morgan fingerprint density at radius 1 is 0.984 bits per heavy atom. The molecule has 1 aliphatic carbocycles. The number of benzene rings is 1. The van der Waals surface area contributed by atoms with Gasteiger partial charge in [0.05, 0.1) is 32.4 Å². The van der Waals surface area contributed by atoms with Gasteiger partial charge in [0, 0.05) is 25.7 Å². The summed E-state index contributed by atoms with van der Waals surface area (Å²) in [5, 5.41) is 55.1. The lowest BCUT2D eigenvalue weighted by Crippen LogP contribution is -2.70. The Morgan fingerprint density at radius 2 is 1.68 bits per heavy atom. The summed E-state index contributed by atoms with van der Waals surface area (Å²) in [6.07, 6.45) is 0.266. The summed E-state index contributed by atoms with van der Waals surface area (Å²) in [5.74, 6) is -2.59. The van der Waals surface area contributed by atoms with Crippen LogP contribution in [-0.4, -0.2) is 147 Å². The zero-order chi connectivity index (χ0) is 44.8. The second kappa shape index (κ2) is 20.8. The number of aliphatic hydroxyl groups is 5. The monoisotopic (exact) mass is 876 g/mol. The van der Waals surface area contributed by atoms with E-state index in [1.807, 2.05) is 24.3 Å². The zero-order valence-corrected chi connectivity index (χ0v) is 36.7. The minimum atomic E-state index is -1.58. The molecule has 4 saturated heterocycles. The zero-order valence-electron chi connectivity index (χ0n) is 36.7. The van der Waals surface area contributed by atoms with Crippen molar-refractivity contribution in [3.05, 3.63) is 41.5 Å². The van der Waals surface area contributed by atoms with Crippen LogP contribution in [0.25, 0.3) is 6.08 Å². The van der Waals surface area contributed by atoms with E-state index in [4.69, 9.17) is 33.3 Å². The summed E-state index contributed by atoms with van der Waals surface area (Å²) in [7, 11) is 0. The van der Waals surface area contributed by atoms with Gasteiger partial charge in [-0.25, -0.2) is 0 Å². The SMILES string of the molecule is CCCCCC1(CCCCC)O[C@@H]2[C@H]3ON(Cc4ccccc4C=CCO[C@H]4O[C@H](CO)[C@H](O)[C@H](O)[C@H]4O)[C@H]4C(=O)OC(CC34C(=O)N[C@H](CO)CCC(=O)OC(C)(C)C)[C@@H]2O1. The summed E-state index contributed by atoms with van der Waals surface area (Å²) in [6.45, 7) is 8.49. The number of aliphatic hydroxyl groups excluding tert-OH is 5. The molecule has 2 bridgehead atoms. The van der Waals surface area contributed by atoms with Gasteiger partial charge < -0.3 is 59.3 Å². The lowest BCUT2D eigenvalue weighted by molar-refractivity contribution is -0.298. The minimum Gasteiger partial charge on any atom is -0.460 e. The maximum Gasteiger partial charge on any atom is 0.327 e. The van der Waals surface area contributed by atoms with Crippen molar-refractivity contribution in [2.75, 3.05) is 19.8 Å². The summed E-state index contributed by atoms with van der Waals surface area (Å²) < 4.78 is 36.6. The van der Waals surface area contributed by atoms with Crippen molar-refractivity contribution < 1.29 is 73.2 Å². The van der Waals surface area contributed by atoms with Gasteiger partial charge in [0.1, 0.15) is 59.8 Å². The van der Waals surface area contributed by atoms with Gasteiger partial charge >= 0.3 is 11.9 Å². The van der Waals surface area contributed by atoms with Crippen LogP contribution in [0, 0.1) is 5.41 Å². The molecule has 348 valence electrons. The topological polar surface area (TPSA) is 232 Å². The highest BCUT2D eigenvalue weighted by molar-refractivity contribution is 5.94. The largest absolute Gasteiger partial charge is 0.460 e. The Labute approximate surface area is 363 Å². The minimum absolute atomic E-state index is 0.0442. The van der Waals surface area contributed by atoms with Crippen molar-refractivity contribution in [3.63, 3.8) is 0 Å². The highest BCUT2D eigenvalue weighted by Crippen LogP contribution is 2.58. The van der Waals surface area contributed by atoms with E-state index >= 15 is 0 Å². The predicted molar refractivity (Wildman–Crippen MR) is 221 cm³/mol. The van der Waals surface area contributed by atoms with Crippen LogP contribution in [-0.2, 0) is 54.2 Å². The van der Waals surface area contributed by atoms with Gasteiger partial charge in [-0.2, -0.15) is 5.06 Å². The van der Waals surface area contributed by atoms with Gasteiger partial charge in [0.25, 0.3) is 0 Å². The number of ether oxygens (including phenoxy) is 6. The fourth-order valence-electron chi connectivity index (χ4n) is 9.45. The molecule has 5 aliphatic rings. The third-order valence-electron chi connectivity index (χ3n) is 12.6. The fraction of sp³-hybridized carbons (Fsp3) is 0.756. The molecule has 62 heavy (non-hydrogen) atoms. The number of fused-ring (bicyclic) bond motifs is 4. The molecular formula is C45H68N2O15. The predicted octanol–water partition coefficient (Wildman–Crippen LogP) is 2.56. The van der Waals surface area contributed by atoms with Crippen LogP contribution < -0.4 is 5.32 Å². The molecule has 17 nitrogen and oxygen atoms in total. The molecular weight excluding hydrogens is 808 g/mol. The van der Waals surface area contributed by atoms with Gasteiger partial charge in [-0.3, -0.25) is 19.2 Å². The standard InChI is InChI=1S/C45H68N2O15/c1-6-8-12-20-44(21-13-9-7-2)60-36-30-23-45(42(55)46-29(25-48)18-19-32(50)59-43(3,4)5)38(40(54)57-30)47(62-39(45)37(36)61-44)24-28-16-11-10-15-27(28)17-14-22-56-41-35(53)34(52)33(51)31(26-49)58-41/h10-11,14-17,29-31,33-39,41,48-49,51-53H,6-9,12-13,18-26H2,1-5H3,(H,46,55)/t29-,30?,31+,33-,34-,35+,36-,37-,38-,39+,41-,45?/m0/s1. The van der Waals surface area contributed by atoms with Crippen LogP contribution in [0.2, 0.25) is 0 Å². The first kappa shape index (κ1) is 48.4. The first-order chi connectivity index (χ1) is 29.6. The van der Waals surface area contributed by atoms with Gasteiger partial charge in [0.2, 0.25) is 5.91 Å². The maximum absolute atomic E-state index is 15.0. The van der Waals surface area contributed by atoms with Crippen molar-refractivity contribution in [1.29, 1.82) is 0 Å². The van der Waals surface area contributed by atoms with Gasteiger partial charge in [-0.1, -0.05) is 75.9 Å². The molecule has 4 heterocycles. The molecule has 0 spiro atoms. The van der Waals surface area contributed by atoms with E-state index in [0.717, 1.165) is 49.7 Å².